The van der Waals surface area contributed by atoms with Crippen LogP contribution in [0, 0.1) is 0 Å². The lowest BCUT2D eigenvalue weighted by Crippen LogP contribution is -2.07. The van der Waals surface area contributed by atoms with Crippen LogP contribution in [0.2, 0.25) is 0 Å². The number of thioether (sulfide) groups is 1. The van der Waals surface area contributed by atoms with Crippen molar-refractivity contribution in [3.8, 4) is 0 Å². The number of rotatable bonds is 6. The van der Waals surface area contributed by atoms with Gasteiger partial charge in [0, 0.05) is 25.1 Å². The summed E-state index contributed by atoms with van der Waals surface area (Å²) in [7, 11) is 1.71. The monoisotopic (exact) mass is 211 g/mol. The van der Waals surface area contributed by atoms with Crippen LogP contribution in [-0.2, 0) is 10.5 Å². The van der Waals surface area contributed by atoms with Gasteiger partial charge in [-0.15, -0.1) is 0 Å². The van der Waals surface area contributed by atoms with E-state index in [2.05, 4.69) is 35.8 Å². The number of hydrogen-bond acceptors (Lipinski definition) is 3. The van der Waals surface area contributed by atoms with E-state index in [0.717, 1.165) is 24.6 Å². The minimum absolute atomic E-state index is 0.743. The second kappa shape index (κ2) is 6.74. The molecule has 0 aromatic heterocycles. The summed E-state index contributed by atoms with van der Waals surface area (Å²) in [5.74, 6) is 1.08. The second-order valence-corrected chi connectivity index (χ2v) is 3.92. The van der Waals surface area contributed by atoms with Crippen molar-refractivity contribution in [3.63, 3.8) is 0 Å². The van der Waals surface area contributed by atoms with Gasteiger partial charge in [-0.1, -0.05) is 12.1 Å². The number of methoxy groups -OCH3 is 1. The predicted molar refractivity (Wildman–Crippen MR) is 64.0 cm³/mol. The van der Waals surface area contributed by atoms with Gasteiger partial charge in [0.15, 0.2) is 0 Å². The average molecular weight is 211 g/mol. The molecule has 0 spiro atoms. The van der Waals surface area contributed by atoms with Gasteiger partial charge in [0.1, 0.15) is 0 Å². The van der Waals surface area contributed by atoms with E-state index >= 15 is 0 Å². The first-order chi connectivity index (χ1) is 6.86. The molecule has 2 nitrogen and oxygen atoms in total. The minimum atomic E-state index is 0.743. The summed E-state index contributed by atoms with van der Waals surface area (Å²) in [6.45, 7) is 1.60. The van der Waals surface area contributed by atoms with Crippen LogP contribution in [-0.4, -0.2) is 26.5 Å². The normalized spacial score (nSPS) is 10.1. The van der Waals surface area contributed by atoms with Crippen LogP contribution in [0.15, 0.2) is 24.3 Å². The molecule has 1 rings (SSSR count). The highest BCUT2D eigenvalue weighted by Crippen LogP contribution is 2.13. The zero-order valence-electron chi connectivity index (χ0n) is 8.75. The van der Waals surface area contributed by atoms with Crippen LogP contribution < -0.4 is 5.32 Å². The first kappa shape index (κ1) is 11.4. The third kappa shape index (κ3) is 4.03. The first-order valence-electron chi connectivity index (χ1n) is 4.67. The molecule has 0 heterocycles. The molecule has 0 amide bonds. The summed E-state index contributed by atoms with van der Waals surface area (Å²) in [4.78, 5) is 0. The summed E-state index contributed by atoms with van der Waals surface area (Å²) in [6, 6.07) is 8.54. The van der Waals surface area contributed by atoms with E-state index in [1.54, 1.807) is 7.11 Å². The molecule has 0 bridgehead atoms. The molecule has 1 N–H and O–H groups in total. The molecule has 1 aromatic carbocycles. The van der Waals surface area contributed by atoms with E-state index in [0.29, 0.717) is 0 Å². The molecule has 0 saturated heterocycles. The Balaban J connectivity index is 2.38. The van der Waals surface area contributed by atoms with Crippen molar-refractivity contribution in [2.24, 2.45) is 0 Å². The molecule has 0 saturated carbocycles. The van der Waals surface area contributed by atoms with Gasteiger partial charge in [0.2, 0.25) is 0 Å². The largest absolute Gasteiger partial charge is 0.383 e. The fourth-order valence-corrected chi connectivity index (χ4v) is 1.71. The summed E-state index contributed by atoms with van der Waals surface area (Å²) >= 11 is 1.84. The molecule has 0 aliphatic heterocycles. The summed E-state index contributed by atoms with van der Waals surface area (Å²) in [5, 5.41) is 3.28. The van der Waals surface area contributed by atoms with Crippen molar-refractivity contribution in [3.05, 3.63) is 29.8 Å². The van der Waals surface area contributed by atoms with E-state index in [1.165, 1.54) is 5.56 Å². The van der Waals surface area contributed by atoms with Gasteiger partial charge in [-0.05, 0) is 24.0 Å². The number of benzene rings is 1. The van der Waals surface area contributed by atoms with Crippen LogP contribution in [0.3, 0.4) is 0 Å². The van der Waals surface area contributed by atoms with Crippen LogP contribution in [0.4, 0.5) is 5.69 Å². The van der Waals surface area contributed by atoms with Crippen LogP contribution in [0.5, 0.6) is 0 Å². The maximum absolute atomic E-state index is 4.96. The van der Waals surface area contributed by atoms with E-state index in [-0.39, 0.29) is 0 Å². The van der Waals surface area contributed by atoms with Crippen molar-refractivity contribution in [1.29, 1.82) is 0 Å². The SMILES string of the molecule is COCCNc1ccc(CSC)cc1. The maximum atomic E-state index is 4.96. The lowest BCUT2D eigenvalue weighted by atomic mass is 10.2. The Morgan fingerprint density at radius 1 is 1.29 bits per heavy atom. The standard InChI is InChI=1S/C11H17NOS/c1-13-8-7-12-11-5-3-10(4-6-11)9-14-2/h3-6,12H,7-9H2,1-2H3. The zero-order valence-corrected chi connectivity index (χ0v) is 9.56. The fourth-order valence-electron chi connectivity index (χ4n) is 1.18. The Morgan fingerprint density at radius 3 is 2.57 bits per heavy atom. The van der Waals surface area contributed by atoms with Gasteiger partial charge >= 0.3 is 0 Å². The van der Waals surface area contributed by atoms with E-state index in [4.69, 9.17) is 4.74 Å². The smallest absolute Gasteiger partial charge is 0.0635 e. The number of hydrogen-bond donors (Lipinski definition) is 1. The molecule has 0 aliphatic carbocycles. The lowest BCUT2D eigenvalue weighted by Gasteiger charge is -2.06. The Hall–Kier alpha value is -0.670. The van der Waals surface area contributed by atoms with Crippen molar-refractivity contribution in [2.75, 3.05) is 31.8 Å². The van der Waals surface area contributed by atoms with E-state index in [1.807, 2.05) is 11.8 Å². The Bertz CT molecular complexity index is 248. The molecule has 0 radical (unpaired) electrons. The predicted octanol–water partition coefficient (Wildman–Crippen LogP) is 2.61. The quantitative estimate of drug-likeness (QED) is 0.731. The van der Waals surface area contributed by atoms with E-state index < -0.39 is 0 Å². The molecule has 78 valence electrons. The molecule has 0 aliphatic rings. The Morgan fingerprint density at radius 2 is 2.00 bits per heavy atom. The van der Waals surface area contributed by atoms with E-state index in [9.17, 15) is 0 Å². The average Bonchev–Trinajstić information content (AvgIpc) is 2.21. The van der Waals surface area contributed by atoms with Gasteiger partial charge in [-0.2, -0.15) is 11.8 Å². The molecular formula is C11H17NOS. The van der Waals surface area contributed by atoms with Crippen LogP contribution in [0.25, 0.3) is 0 Å². The Labute approximate surface area is 90.0 Å². The number of anilines is 1. The summed E-state index contributed by atoms with van der Waals surface area (Å²) in [5.41, 5.74) is 2.53. The third-order valence-corrected chi connectivity index (χ3v) is 2.52. The minimum Gasteiger partial charge on any atom is -0.383 e. The molecule has 14 heavy (non-hydrogen) atoms. The molecule has 3 heteroatoms. The van der Waals surface area contributed by atoms with Crippen molar-refractivity contribution in [1.82, 2.24) is 0 Å². The third-order valence-electron chi connectivity index (χ3n) is 1.90. The lowest BCUT2D eigenvalue weighted by molar-refractivity contribution is 0.211. The van der Waals surface area contributed by atoms with Gasteiger partial charge in [0.25, 0.3) is 0 Å². The van der Waals surface area contributed by atoms with Gasteiger partial charge in [0.05, 0.1) is 6.61 Å². The van der Waals surface area contributed by atoms with Gasteiger partial charge in [-0.3, -0.25) is 0 Å². The molecular weight excluding hydrogens is 194 g/mol. The Kier molecular flexibility index (Phi) is 5.49. The number of ether oxygens (including phenoxy) is 1. The fraction of sp³-hybridized carbons (Fsp3) is 0.455. The maximum Gasteiger partial charge on any atom is 0.0635 e. The first-order valence-corrected chi connectivity index (χ1v) is 6.07. The highest BCUT2D eigenvalue weighted by Gasteiger charge is 1.93. The van der Waals surface area contributed by atoms with Crippen LogP contribution >= 0.6 is 11.8 Å². The number of nitrogens with one attached hydrogen (secondary N) is 1. The molecule has 1 aromatic rings. The highest BCUT2D eigenvalue weighted by atomic mass is 32.2. The van der Waals surface area contributed by atoms with Crippen LogP contribution in [0.1, 0.15) is 5.56 Å². The summed E-state index contributed by atoms with van der Waals surface area (Å²) in [6.07, 6.45) is 2.12. The highest BCUT2D eigenvalue weighted by molar-refractivity contribution is 7.97. The molecule has 0 fully saturated rings. The molecule has 0 atom stereocenters. The van der Waals surface area contributed by atoms with Crippen molar-refractivity contribution < 1.29 is 4.74 Å². The second-order valence-electron chi connectivity index (χ2n) is 3.05. The van der Waals surface area contributed by atoms with Gasteiger partial charge < -0.3 is 10.1 Å². The zero-order chi connectivity index (χ0) is 10.2. The van der Waals surface area contributed by atoms with Crippen molar-refractivity contribution in [2.45, 2.75) is 5.75 Å². The van der Waals surface area contributed by atoms with Gasteiger partial charge in [-0.25, -0.2) is 0 Å². The molecule has 0 unspecified atom stereocenters. The van der Waals surface area contributed by atoms with Crippen molar-refractivity contribution >= 4 is 17.4 Å². The topological polar surface area (TPSA) is 21.3 Å². The summed E-state index contributed by atoms with van der Waals surface area (Å²) < 4.78 is 4.96.